The van der Waals surface area contributed by atoms with Gasteiger partial charge in [0.1, 0.15) is 32.8 Å². The first-order valence-electron chi connectivity index (χ1n) is 20.8. The summed E-state index contributed by atoms with van der Waals surface area (Å²) in [6, 6.07) is 12.8. The van der Waals surface area contributed by atoms with E-state index in [4.69, 9.17) is 17.6 Å². The summed E-state index contributed by atoms with van der Waals surface area (Å²) in [4.78, 5) is 114. The number of ether oxygens (including phenoxy) is 1. The highest BCUT2D eigenvalue weighted by Crippen LogP contribution is 2.44. The monoisotopic (exact) mass is 854 g/mol. The first-order valence-corrected chi connectivity index (χ1v) is 20.8. The van der Waals surface area contributed by atoms with Crippen LogP contribution in [0.3, 0.4) is 0 Å². The fourth-order valence-electron chi connectivity index (χ4n) is 6.88. The number of hydrogen-bond donors (Lipinski definition) is 2. The topological polar surface area (TPSA) is 189 Å². The predicted octanol–water partition coefficient (Wildman–Crippen LogP) is 3.93. The molecule has 3 rings (SSSR count). The molecule has 2 aromatic rings. The third-order valence-electron chi connectivity index (χ3n) is 9.82. The average molecular weight is 855 g/mol. The lowest BCUT2D eigenvalue weighted by molar-refractivity contribution is -0.138. The largest absolute Gasteiger partial charge is 0.449 e. The van der Waals surface area contributed by atoms with Crippen molar-refractivity contribution in [3.63, 3.8) is 0 Å². The molecule has 0 spiro atoms. The Morgan fingerprint density at radius 3 is 1.58 bits per heavy atom. The van der Waals surface area contributed by atoms with Gasteiger partial charge in [-0.3, -0.25) is 24.1 Å². The minimum absolute atomic E-state index is 0.0158. The number of hydrogen-bond acceptors (Lipinski definition) is 9. The van der Waals surface area contributed by atoms with E-state index in [-0.39, 0.29) is 71.2 Å². The van der Waals surface area contributed by atoms with Gasteiger partial charge in [-0.1, -0.05) is 88.1 Å². The summed E-state index contributed by atoms with van der Waals surface area (Å²) in [7, 11) is 1.41. The van der Waals surface area contributed by atoms with Gasteiger partial charge in [-0.25, -0.2) is 29.0 Å². The first-order chi connectivity index (χ1) is 29.8. The third-order valence-corrected chi connectivity index (χ3v) is 9.82. The zero-order valence-electron chi connectivity index (χ0n) is 36.3. The summed E-state index contributed by atoms with van der Waals surface area (Å²) in [5.41, 5.74) is 4.14. The molecule has 0 fully saturated rings. The molecule has 332 valence electrons. The lowest BCUT2D eigenvalue weighted by atomic mass is 9.98. The molecule has 0 atom stereocenters. The molecule has 11 amide bonds. The molecule has 0 unspecified atom stereocenters. The first kappa shape index (κ1) is 49.5. The Hall–Kier alpha value is -6.88. The normalized spacial score (nSPS) is 11.1. The number of amides is 11. The fourth-order valence-corrected chi connectivity index (χ4v) is 6.88. The molecule has 17 heteroatoms. The van der Waals surface area contributed by atoms with Gasteiger partial charge in [0.25, 0.3) is 0 Å². The quantitative estimate of drug-likeness (QED) is 0.186. The SMILES string of the molecule is C#CCN(CC(=O)NC)C(=O)CN(CCC)C(=O)N(CCC)C(=O)N(CCC)C(=O)N(CCC)C(=O)CN(CC#C)C(=O)CNC(=O)OCC1c2ccccc2-c2ccccc21. The molecule has 2 N–H and O–H groups in total. The molecule has 0 saturated carbocycles. The van der Waals surface area contributed by atoms with E-state index in [1.807, 2.05) is 48.5 Å². The van der Waals surface area contributed by atoms with Crippen LogP contribution in [0.5, 0.6) is 0 Å². The van der Waals surface area contributed by atoms with Gasteiger partial charge < -0.3 is 30.1 Å². The van der Waals surface area contributed by atoms with Gasteiger partial charge in [-0.15, -0.1) is 12.8 Å². The number of alkyl carbamates (subject to hydrolysis) is 1. The van der Waals surface area contributed by atoms with Crippen LogP contribution in [-0.2, 0) is 23.9 Å². The minimum Gasteiger partial charge on any atom is -0.449 e. The van der Waals surface area contributed by atoms with E-state index in [1.54, 1.807) is 27.7 Å². The highest BCUT2D eigenvalue weighted by Gasteiger charge is 2.37. The Morgan fingerprint density at radius 1 is 0.597 bits per heavy atom. The van der Waals surface area contributed by atoms with Crippen molar-refractivity contribution in [3.8, 4) is 35.8 Å². The maximum atomic E-state index is 14.2. The van der Waals surface area contributed by atoms with Gasteiger partial charge in [-0.2, -0.15) is 0 Å². The zero-order valence-corrected chi connectivity index (χ0v) is 36.3. The van der Waals surface area contributed by atoms with Crippen LogP contribution < -0.4 is 10.6 Å². The number of urea groups is 3. The molecule has 0 aliphatic heterocycles. The zero-order chi connectivity index (χ0) is 45.8. The highest BCUT2D eigenvalue weighted by atomic mass is 16.5. The van der Waals surface area contributed by atoms with E-state index >= 15 is 0 Å². The fraction of sp³-hybridized carbons (Fsp3) is 0.467. The average Bonchev–Trinajstić information content (AvgIpc) is 3.59. The molecule has 0 bridgehead atoms. The van der Waals surface area contributed by atoms with Crippen molar-refractivity contribution in [2.45, 2.75) is 59.3 Å². The summed E-state index contributed by atoms with van der Waals surface area (Å²) in [5, 5.41) is 4.85. The number of nitrogens with one attached hydrogen (secondary N) is 2. The van der Waals surface area contributed by atoms with Crippen LogP contribution in [0.4, 0.5) is 19.2 Å². The van der Waals surface area contributed by atoms with Crippen molar-refractivity contribution >= 4 is 47.8 Å². The van der Waals surface area contributed by atoms with Crippen LogP contribution in [0.2, 0.25) is 0 Å². The van der Waals surface area contributed by atoms with E-state index in [9.17, 15) is 38.4 Å². The number of terminal acetylenes is 2. The second-order valence-corrected chi connectivity index (χ2v) is 14.4. The van der Waals surface area contributed by atoms with Gasteiger partial charge in [0.2, 0.25) is 23.6 Å². The van der Waals surface area contributed by atoms with E-state index in [1.165, 1.54) is 7.05 Å². The van der Waals surface area contributed by atoms with E-state index in [0.717, 1.165) is 51.7 Å². The van der Waals surface area contributed by atoms with Crippen molar-refractivity contribution in [2.75, 3.05) is 79.1 Å². The van der Waals surface area contributed by atoms with E-state index in [0.29, 0.717) is 12.8 Å². The molecule has 17 nitrogen and oxygen atoms in total. The van der Waals surface area contributed by atoms with Crippen molar-refractivity contribution in [3.05, 3.63) is 59.7 Å². The Morgan fingerprint density at radius 2 is 1.06 bits per heavy atom. The second-order valence-electron chi connectivity index (χ2n) is 14.4. The molecule has 0 saturated heterocycles. The summed E-state index contributed by atoms with van der Waals surface area (Å²) in [5.74, 6) is 1.77. The van der Waals surface area contributed by atoms with Gasteiger partial charge >= 0.3 is 24.2 Å². The lowest BCUT2D eigenvalue weighted by Gasteiger charge is -2.35. The number of likely N-dealkylation sites (N-methyl/N-ethyl adjacent to an activating group) is 1. The van der Waals surface area contributed by atoms with E-state index in [2.05, 4.69) is 22.5 Å². The molecule has 2 aromatic carbocycles. The Labute approximate surface area is 364 Å². The molecule has 62 heavy (non-hydrogen) atoms. The Bertz CT molecular complexity index is 1980. The third kappa shape index (κ3) is 13.1. The van der Waals surface area contributed by atoms with Gasteiger partial charge in [0, 0.05) is 39.1 Å². The molecular weight excluding hydrogens is 797 g/mol. The Balaban J connectivity index is 1.73. The molecule has 1 aliphatic rings. The number of rotatable bonds is 20. The molecule has 0 heterocycles. The number of carbonyl (C=O) groups is 8. The van der Waals surface area contributed by atoms with Crippen LogP contribution in [0, 0.1) is 24.7 Å². The molecular formula is C45H58N8O9. The number of imide groups is 3. The van der Waals surface area contributed by atoms with Gasteiger partial charge in [-0.05, 0) is 47.9 Å². The minimum atomic E-state index is -1.02. The molecule has 0 aromatic heterocycles. The van der Waals surface area contributed by atoms with Gasteiger partial charge in [0.05, 0.1) is 13.1 Å². The number of benzene rings is 2. The maximum absolute atomic E-state index is 14.2. The Kier molecular flexibility index (Phi) is 20.0. The maximum Gasteiger partial charge on any atom is 0.407 e. The van der Waals surface area contributed by atoms with Crippen molar-refractivity contribution < 1.29 is 43.1 Å². The van der Waals surface area contributed by atoms with Crippen molar-refractivity contribution in [1.82, 2.24) is 40.0 Å². The van der Waals surface area contributed by atoms with Crippen LogP contribution in [0.1, 0.15) is 70.4 Å². The second kappa shape index (κ2) is 25.0. The van der Waals surface area contributed by atoms with E-state index < -0.39 is 67.4 Å². The van der Waals surface area contributed by atoms with Crippen molar-refractivity contribution in [1.29, 1.82) is 0 Å². The number of carbonyl (C=O) groups excluding carboxylic acids is 8. The highest BCUT2D eigenvalue weighted by molar-refractivity contribution is 6.06. The van der Waals surface area contributed by atoms with Crippen LogP contribution in [-0.4, -0.2) is 156 Å². The predicted molar refractivity (Wildman–Crippen MR) is 232 cm³/mol. The summed E-state index contributed by atoms with van der Waals surface area (Å²) >= 11 is 0. The smallest absolute Gasteiger partial charge is 0.407 e. The van der Waals surface area contributed by atoms with Crippen LogP contribution in [0.15, 0.2) is 48.5 Å². The number of fused-ring (bicyclic) bond motifs is 3. The number of nitrogens with zero attached hydrogens (tertiary/aromatic N) is 6. The summed E-state index contributed by atoms with van der Waals surface area (Å²) in [6.07, 6.45) is 11.4. The van der Waals surface area contributed by atoms with Crippen molar-refractivity contribution in [2.24, 2.45) is 0 Å². The van der Waals surface area contributed by atoms with Crippen LogP contribution >= 0.6 is 0 Å². The summed E-state index contributed by atoms with van der Waals surface area (Å²) < 4.78 is 5.53. The standard InChI is InChI=1S/C45H58N8O9/c1-8-22-48(29-38(54)46-7)40(56)30-50(24-10-3)43(59)52(26-12-5)45(61)53(27-13-6)44(60)51(25-11-4)41(57)31-49(23-9-2)39(55)28-47-42(58)62-32-37-35-20-16-14-18-33(35)34-19-15-17-21-36(34)37/h1-2,14-21,37H,10-13,22-32H2,3-7H3,(H,46,54)(H,47,58). The van der Waals surface area contributed by atoms with Crippen LogP contribution in [0.25, 0.3) is 11.1 Å². The molecule has 1 aliphatic carbocycles. The van der Waals surface area contributed by atoms with Gasteiger partial charge in [0.15, 0.2) is 0 Å². The lowest BCUT2D eigenvalue weighted by Crippen LogP contribution is -2.58. The summed E-state index contributed by atoms with van der Waals surface area (Å²) in [6.45, 7) is 3.92. The molecule has 0 radical (unpaired) electrons.